The molecule has 122 valence electrons. The van der Waals surface area contributed by atoms with Crippen molar-refractivity contribution in [3.05, 3.63) is 69.7 Å². The lowest BCUT2D eigenvalue weighted by Gasteiger charge is -2.27. The number of rotatable bonds is 4. The second-order valence-electron chi connectivity index (χ2n) is 5.53. The lowest BCUT2D eigenvalue weighted by Crippen LogP contribution is -2.39. The number of halogens is 2. The molecule has 2 aromatic rings. The largest absolute Gasteiger partial charge is 0.354 e. The summed E-state index contributed by atoms with van der Waals surface area (Å²) in [6.07, 6.45) is 1.45. The van der Waals surface area contributed by atoms with Gasteiger partial charge in [0.1, 0.15) is 0 Å². The predicted molar refractivity (Wildman–Crippen MR) is 99.0 cm³/mol. The fourth-order valence-corrected chi connectivity index (χ4v) is 3.29. The van der Waals surface area contributed by atoms with Crippen molar-refractivity contribution < 1.29 is 4.79 Å². The van der Waals surface area contributed by atoms with E-state index in [9.17, 15) is 4.79 Å². The molecule has 0 spiro atoms. The molecule has 0 aliphatic carbocycles. The average molecular weight is 396 g/mol. The van der Waals surface area contributed by atoms with Crippen LogP contribution in [0.3, 0.4) is 0 Å². The molecule has 1 aliphatic rings. The quantitative estimate of drug-likeness (QED) is 0.833. The van der Waals surface area contributed by atoms with Crippen molar-refractivity contribution in [2.45, 2.75) is 18.9 Å². The Morgan fingerprint density at radius 3 is 2.74 bits per heavy atom. The van der Waals surface area contributed by atoms with Crippen LogP contribution in [0.15, 0.2) is 53.0 Å². The van der Waals surface area contributed by atoms with Crippen LogP contribution in [0.5, 0.6) is 0 Å². The highest BCUT2D eigenvalue weighted by atomic mass is 79.9. The monoisotopic (exact) mass is 394 g/mol. The number of fused-ring (bicyclic) bond motifs is 1. The third-order valence-electron chi connectivity index (χ3n) is 4.03. The molecule has 0 aromatic heterocycles. The Morgan fingerprint density at radius 1 is 1.17 bits per heavy atom. The fourth-order valence-electron chi connectivity index (χ4n) is 2.87. The second-order valence-corrected chi connectivity index (χ2v) is 6.38. The van der Waals surface area contributed by atoms with Gasteiger partial charge in [0.05, 0.1) is 6.42 Å². The lowest BCUT2D eigenvalue weighted by atomic mass is 9.94. The molecule has 0 saturated carbocycles. The summed E-state index contributed by atoms with van der Waals surface area (Å²) in [5.41, 5.74) is 3.69. The van der Waals surface area contributed by atoms with Crippen LogP contribution < -0.4 is 10.6 Å². The molecule has 1 heterocycles. The molecule has 23 heavy (non-hydrogen) atoms. The van der Waals surface area contributed by atoms with Gasteiger partial charge in [-0.2, -0.15) is 0 Å². The Kier molecular flexibility index (Phi) is 6.63. The van der Waals surface area contributed by atoms with Crippen LogP contribution in [0.4, 0.5) is 0 Å². The summed E-state index contributed by atoms with van der Waals surface area (Å²) < 4.78 is 0.978. The van der Waals surface area contributed by atoms with Gasteiger partial charge in [-0.3, -0.25) is 4.79 Å². The molecule has 1 aliphatic heterocycles. The molecule has 0 radical (unpaired) electrons. The van der Waals surface area contributed by atoms with Gasteiger partial charge in [-0.1, -0.05) is 58.4 Å². The molecule has 5 heteroatoms. The maximum absolute atomic E-state index is 12.2. The van der Waals surface area contributed by atoms with E-state index in [4.69, 9.17) is 0 Å². The van der Waals surface area contributed by atoms with Gasteiger partial charge in [-0.25, -0.2) is 0 Å². The van der Waals surface area contributed by atoms with Gasteiger partial charge >= 0.3 is 0 Å². The molecule has 0 fully saturated rings. The number of benzene rings is 2. The molecule has 3 nitrogen and oxygen atoms in total. The van der Waals surface area contributed by atoms with Crippen molar-refractivity contribution in [1.29, 1.82) is 0 Å². The molecule has 1 amide bonds. The molecular formula is C18H20BrClN2O. The summed E-state index contributed by atoms with van der Waals surface area (Å²) in [6, 6.07) is 16.5. The first kappa shape index (κ1) is 18.0. The van der Waals surface area contributed by atoms with E-state index in [1.165, 1.54) is 11.1 Å². The summed E-state index contributed by atoms with van der Waals surface area (Å²) >= 11 is 3.48. The zero-order valence-corrected chi connectivity index (χ0v) is 15.1. The van der Waals surface area contributed by atoms with E-state index in [-0.39, 0.29) is 24.4 Å². The molecule has 3 rings (SSSR count). The lowest BCUT2D eigenvalue weighted by molar-refractivity contribution is -0.120. The highest BCUT2D eigenvalue weighted by molar-refractivity contribution is 9.10. The third-order valence-corrected chi connectivity index (χ3v) is 4.80. The molecule has 0 saturated heterocycles. The molecule has 2 aromatic carbocycles. The van der Waals surface area contributed by atoms with Crippen LogP contribution in [-0.4, -0.2) is 19.0 Å². The van der Waals surface area contributed by atoms with Gasteiger partial charge in [0, 0.05) is 17.1 Å². The van der Waals surface area contributed by atoms with Crippen LogP contribution in [0.2, 0.25) is 0 Å². The summed E-state index contributed by atoms with van der Waals surface area (Å²) in [5, 5.41) is 6.53. The number of nitrogens with one attached hydrogen (secondary N) is 2. The molecular weight excluding hydrogens is 376 g/mol. The van der Waals surface area contributed by atoms with Crippen molar-refractivity contribution in [3.63, 3.8) is 0 Å². The Balaban J connectivity index is 0.00000192. The number of carbonyl (C=O) groups excluding carboxylic acids is 1. The predicted octanol–water partition coefficient (Wildman–Crippen LogP) is 3.42. The SMILES string of the molecule is Cl.O=C(Cc1ccccc1Br)NCC1NCCc2ccccc21. The first-order valence-electron chi connectivity index (χ1n) is 7.55. The van der Waals surface area contributed by atoms with E-state index in [0.717, 1.165) is 23.0 Å². The standard InChI is InChI=1S/C18H19BrN2O.ClH/c19-16-8-4-2-6-14(16)11-18(22)21-12-17-15-7-3-1-5-13(15)9-10-20-17;/h1-8,17,20H,9-12H2,(H,21,22);1H. The van der Waals surface area contributed by atoms with Gasteiger partial charge in [-0.15, -0.1) is 12.4 Å². The van der Waals surface area contributed by atoms with Gasteiger partial charge in [0.25, 0.3) is 0 Å². The van der Waals surface area contributed by atoms with Gasteiger partial charge in [-0.05, 0) is 35.7 Å². The first-order chi connectivity index (χ1) is 10.7. The minimum absolute atomic E-state index is 0. The van der Waals surface area contributed by atoms with Crippen LogP contribution in [-0.2, 0) is 17.6 Å². The average Bonchev–Trinajstić information content (AvgIpc) is 2.55. The van der Waals surface area contributed by atoms with E-state index >= 15 is 0 Å². The van der Waals surface area contributed by atoms with Crippen molar-refractivity contribution in [1.82, 2.24) is 10.6 Å². The van der Waals surface area contributed by atoms with Crippen LogP contribution in [0.1, 0.15) is 22.7 Å². The molecule has 1 unspecified atom stereocenters. The number of hydrogen-bond donors (Lipinski definition) is 2. The van der Waals surface area contributed by atoms with Crippen molar-refractivity contribution in [2.24, 2.45) is 0 Å². The van der Waals surface area contributed by atoms with E-state index in [2.05, 4.69) is 50.8 Å². The van der Waals surface area contributed by atoms with Crippen molar-refractivity contribution >= 4 is 34.2 Å². The minimum Gasteiger partial charge on any atom is -0.354 e. The topological polar surface area (TPSA) is 41.1 Å². The second kappa shape index (κ2) is 8.48. The number of carbonyl (C=O) groups is 1. The van der Waals surface area contributed by atoms with E-state index in [1.807, 2.05) is 24.3 Å². The van der Waals surface area contributed by atoms with E-state index in [1.54, 1.807) is 0 Å². The maximum Gasteiger partial charge on any atom is 0.224 e. The Bertz CT molecular complexity index is 678. The van der Waals surface area contributed by atoms with Crippen LogP contribution >= 0.6 is 28.3 Å². The summed E-state index contributed by atoms with van der Waals surface area (Å²) in [6.45, 7) is 1.59. The van der Waals surface area contributed by atoms with Gasteiger partial charge < -0.3 is 10.6 Å². The van der Waals surface area contributed by atoms with Gasteiger partial charge in [0.15, 0.2) is 0 Å². The van der Waals surface area contributed by atoms with Gasteiger partial charge in [0.2, 0.25) is 5.91 Å². The summed E-state index contributed by atoms with van der Waals surface area (Å²) in [7, 11) is 0. The highest BCUT2D eigenvalue weighted by Crippen LogP contribution is 2.22. The zero-order chi connectivity index (χ0) is 15.4. The summed E-state index contributed by atoms with van der Waals surface area (Å²) in [5.74, 6) is 0.0526. The van der Waals surface area contributed by atoms with E-state index < -0.39 is 0 Å². The van der Waals surface area contributed by atoms with Crippen molar-refractivity contribution in [2.75, 3.05) is 13.1 Å². The Morgan fingerprint density at radius 2 is 1.91 bits per heavy atom. The first-order valence-corrected chi connectivity index (χ1v) is 8.34. The minimum atomic E-state index is 0. The smallest absolute Gasteiger partial charge is 0.224 e. The maximum atomic E-state index is 12.2. The normalized spacial score (nSPS) is 16.1. The van der Waals surface area contributed by atoms with Crippen LogP contribution in [0, 0.1) is 0 Å². The number of hydrogen-bond acceptors (Lipinski definition) is 2. The fraction of sp³-hybridized carbons (Fsp3) is 0.278. The Labute approximate surface area is 151 Å². The zero-order valence-electron chi connectivity index (χ0n) is 12.7. The molecule has 0 bridgehead atoms. The number of amides is 1. The third kappa shape index (κ3) is 4.56. The van der Waals surface area contributed by atoms with Crippen molar-refractivity contribution in [3.8, 4) is 0 Å². The Hall–Kier alpha value is -1.36. The molecule has 1 atom stereocenters. The summed E-state index contributed by atoms with van der Waals surface area (Å²) in [4.78, 5) is 12.2. The highest BCUT2D eigenvalue weighted by Gasteiger charge is 2.19. The molecule has 2 N–H and O–H groups in total. The van der Waals surface area contributed by atoms with Crippen LogP contribution in [0.25, 0.3) is 0 Å². The van der Waals surface area contributed by atoms with E-state index in [0.29, 0.717) is 13.0 Å².